The zero-order valence-corrected chi connectivity index (χ0v) is 12.8. The minimum atomic E-state index is -0.845. The summed E-state index contributed by atoms with van der Waals surface area (Å²) in [5.41, 5.74) is 1.04. The third-order valence-corrected chi connectivity index (χ3v) is 3.14. The Balaban J connectivity index is 1.98. The smallest absolute Gasteiger partial charge is 0.343 e. The molecule has 0 bridgehead atoms. The van der Waals surface area contributed by atoms with Gasteiger partial charge in [-0.3, -0.25) is 0 Å². The van der Waals surface area contributed by atoms with Crippen molar-refractivity contribution in [3.05, 3.63) is 63.7 Å². The van der Waals surface area contributed by atoms with Crippen molar-refractivity contribution in [3.63, 3.8) is 0 Å². The van der Waals surface area contributed by atoms with Gasteiger partial charge in [-0.25, -0.2) is 4.79 Å². The van der Waals surface area contributed by atoms with Gasteiger partial charge >= 0.3 is 5.97 Å². The molecule has 0 amide bonds. The highest BCUT2D eigenvalue weighted by molar-refractivity contribution is 5.91. The molecule has 2 aromatic carbocycles. The van der Waals surface area contributed by atoms with Gasteiger partial charge in [0.25, 0.3) is 5.09 Å². The van der Waals surface area contributed by atoms with Gasteiger partial charge in [-0.15, -0.1) is 10.1 Å². The number of ether oxygens (including phenoxy) is 2. The molecule has 0 spiro atoms. The molecule has 0 radical (unpaired) electrons. The van der Waals surface area contributed by atoms with Crippen LogP contribution in [0.2, 0.25) is 0 Å². The Hall–Kier alpha value is -3.29. The number of hydrogen-bond donors (Lipinski definition) is 1. The average molecular weight is 333 g/mol. The van der Waals surface area contributed by atoms with E-state index in [0.717, 1.165) is 5.56 Å². The van der Waals surface area contributed by atoms with E-state index >= 15 is 0 Å². The van der Waals surface area contributed by atoms with Crippen LogP contribution < -0.4 is 9.47 Å². The Bertz CT molecular complexity index is 728. The molecule has 24 heavy (non-hydrogen) atoms. The summed E-state index contributed by atoms with van der Waals surface area (Å²) in [5, 5.41) is 18.7. The Morgan fingerprint density at radius 1 is 1.21 bits per heavy atom. The lowest BCUT2D eigenvalue weighted by Gasteiger charge is -2.08. The molecular formula is C16H15NO7. The van der Waals surface area contributed by atoms with Crippen molar-refractivity contribution in [2.24, 2.45) is 0 Å². The number of rotatable bonds is 7. The lowest BCUT2D eigenvalue weighted by Crippen LogP contribution is -2.09. The first kappa shape index (κ1) is 17.1. The number of benzene rings is 2. The normalized spacial score (nSPS) is 10.0. The molecular weight excluding hydrogens is 318 g/mol. The molecule has 1 N–H and O–H groups in total. The molecule has 0 atom stereocenters. The minimum absolute atomic E-state index is 0.0422. The van der Waals surface area contributed by atoms with E-state index in [4.69, 9.17) is 9.47 Å². The van der Waals surface area contributed by atoms with Crippen LogP contribution in [0.25, 0.3) is 0 Å². The summed E-state index contributed by atoms with van der Waals surface area (Å²) in [5.74, 6) is -0.176. The Kier molecular flexibility index (Phi) is 5.56. The van der Waals surface area contributed by atoms with Crippen LogP contribution in [0.4, 0.5) is 0 Å². The lowest BCUT2D eigenvalue weighted by molar-refractivity contribution is -0.757. The van der Waals surface area contributed by atoms with Crippen LogP contribution in [0, 0.1) is 10.1 Å². The van der Waals surface area contributed by atoms with E-state index in [-0.39, 0.29) is 23.7 Å². The van der Waals surface area contributed by atoms with E-state index in [0.29, 0.717) is 12.2 Å². The van der Waals surface area contributed by atoms with Crippen molar-refractivity contribution in [2.75, 3.05) is 13.7 Å². The molecule has 0 aliphatic heterocycles. The van der Waals surface area contributed by atoms with E-state index in [1.165, 1.54) is 25.3 Å². The lowest BCUT2D eigenvalue weighted by atomic mass is 10.1. The van der Waals surface area contributed by atoms with Crippen molar-refractivity contribution in [2.45, 2.75) is 6.42 Å². The highest BCUT2D eigenvalue weighted by Crippen LogP contribution is 2.27. The highest BCUT2D eigenvalue weighted by Gasteiger charge is 2.12. The van der Waals surface area contributed by atoms with E-state index in [1.807, 2.05) is 0 Å². The molecule has 8 heteroatoms. The maximum absolute atomic E-state index is 12.1. The largest absolute Gasteiger partial charge is 0.504 e. The fourth-order valence-corrected chi connectivity index (χ4v) is 1.93. The number of carbonyl (C=O) groups excluding carboxylic acids is 1. The second-order valence-corrected chi connectivity index (χ2v) is 4.73. The maximum atomic E-state index is 12.1. The SMILES string of the molecule is COc1cc(C(=O)Oc2ccc(CCO[N+](=O)[O-])cc2)ccc1O. The second-order valence-electron chi connectivity index (χ2n) is 4.73. The van der Waals surface area contributed by atoms with Gasteiger partial charge in [0.05, 0.1) is 12.7 Å². The monoisotopic (exact) mass is 333 g/mol. The number of phenolic OH excluding ortho intramolecular Hbond substituents is 1. The summed E-state index contributed by atoms with van der Waals surface area (Å²) >= 11 is 0. The van der Waals surface area contributed by atoms with E-state index < -0.39 is 11.1 Å². The minimum Gasteiger partial charge on any atom is -0.504 e. The quantitative estimate of drug-likeness (QED) is 0.358. The third-order valence-electron chi connectivity index (χ3n) is 3.14. The Morgan fingerprint density at radius 2 is 1.92 bits per heavy atom. The van der Waals surface area contributed by atoms with Gasteiger partial charge < -0.3 is 19.4 Å². The molecule has 0 aromatic heterocycles. The predicted molar refractivity (Wildman–Crippen MR) is 82.7 cm³/mol. The van der Waals surface area contributed by atoms with E-state index in [2.05, 4.69) is 4.84 Å². The third kappa shape index (κ3) is 4.60. The molecule has 0 saturated carbocycles. The summed E-state index contributed by atoms with van der Waals surface area (Å²) in [7, 11) is 1.38. The molecule has 0 aliphatic carbocycles. The molecule has 8 nitrogen and oxygen atoms in total. The fraction of sp³-hybridized carbons (Fsp3) is 0.188. The number of methoxy groups -OCH3 is 1. The molecule has 2 aromatic rings. The first-order valence-corrected chi connectivity index (χ1v) is 6.95. The van der Waals surface area contributed by atoms with Gasteiger partial charge in [-0.2, -0.15) is 0 Å². The molecule has 126 valence electrons. The van der Waals surface area contributed by atoms with Gasteiger partial charge in [-0.1, -0.05) is 12.1 Å². The Morgan fingerprint density at radius 3 is 2.54 bits per heavy atom. The van der Waals surface area contributed by atoms with Crippen LogP contribution in [0.3, 0.4) is 0 Å². The summed E-state index contributed by atoms with van der Waals surface area (Å²) in [6.45, 7) is -0.0422. The highest BCUT2D eigenvalue weighted by atomic mass is 16.9. The number of esters is 1. The van der Waals surface area contributed by atoms with Gasteiger partial charge in [0.1, 0.15) is 12.4 Å². The van der Waals surface area contributed by atoms with Gasteiger partial charge in [0, 0.05) is 0 Å². The standard InChI is InChI=1S/C16H15NO7/c1-22-15-10-12(4-7-14(15)18)16(19)24-13-5-2-11(3-6-13)8-9-23-17(20)21/h2-7,10,18H,8-9H2,1H3. The zero-order valence-electron chi connectivity index (χ0n) is 12.8. The topological polar surface area (TPSA) is 108 Å². The van der Waals surface area contributed by atoms with Gasteiger partial charge in [0.15, 0.2) is 11.5 Å². The summed E-state index contributed by atoms with van der Waals surface area (Å²) in [4.78, 5) is 26.4. The van der Waals surface area contributed by atoms with Crippen LogP contribution >= 0.6 is 0 Å². The summed E-state index contributed by atoms with van der Waals surface area (Å²) in [6.07, 6.45) is 0.365. The number of hydrogen-bond acceptors (Lipinski definition) is 7. The van der Waals surface area contributed by atoms with Crippen molar-refractivity contribution in [1.29, 1.82) is 0 Å². The molecule has 0 unspecified atom stereocenters. The van der Waals surface area contributed by atoms with Crippen LogP contribution in [0.5, 0.6) is 17.2 Å². The molecule has 0 heterocycles. The molecule has 2 rings (SSSR count). The van der Waals surface area contributed by atoms with Crippen molar-refractivity contribution in [3.8, 4) is 17.2 Å². The van der Waals surface area contributed by atoms with Crippen LogP contribution in [0.15, 0.2) is 42.5 Å². The number of carbonyl (C=O) groups is 1. The number of phenols is 1. The first-order valence-electron chi connectivity index (χ1n) is 6.95. The maximum Gasteiger partial charge on any atom is 0.343 e. The molecule has 0 saturated heterocycles. The van der Waals surface area contributed by atoms with Crippen LogP contribution in [0.1, 0.15) is 15.9 Å². The number of aromatic hydroxyl groups is 1. The van der Waals surface area contributed by atoms with Crippen molar-refractivity contribution in [1.82, 2.24) is 0 Å². The van der Waals surface area contributed by atoms with Crippen LogP contribution in [-0.4, -0.2) is 29.9 Å². The molecule has 0 fully saturated rings. The van der Waals surface area contributed by atoms with Gasteiger partial charge in [-0.05, 0) is 42.3 Å². The molecule has 0 aliphatic rings. The zero-order chi connectivity index (χ0) is 17.5. The summed E-state index contributed by atoms with van der Waals surface area (Å²) in [6, 6.07) is 10.7. The van der Waals surface area contributed by atoms with Crippen LogP contribution in [-0.2, 0) is 11.3 Å². The van der Waals surface area contributed by atoms with Gasteiger partial charge in [0.2, 0.25) is 0 Å². The average Bonchev–Trinajstić information content (AvgIpc) is 2.56. The fourth-order valence-electron chi connectivity index (χ4n) is 1.93. The van der Waals surface area contributed by atoms with Crippen molar-refractivity contribution >= 4 is 5.97 Å². The van der Waals surface area contributed by atoms with E-state index in [9.17, 15) is 20.0 Å². The number of nitrogens with zero attached hydrogens (tertiary/aromatic N) is 1. The predicted octanol–water partition coefficient (Wildman–Crippen LogP) is 2.37. The van der Waals surface area contributed by atoms with E-state index in [1.54, 1.807) is 24.3 Å². The summed E-state index contributed by atoms with van der Waals surface area (Å²) < 4.78 is 10.2. The Labute approximate surface area is 137 Å². The van der Waals surface area contributed by atoms with Crippen molar-refractivity contribution < 1.29 is 29.3 Å². The second kappa shape index (κ2) is 7.82. The first-order chi connectivity index (χ1) is 11.5.